The van der Waals surface area contributed by atoms with E-state index in [1.807, 2.05) is 0 Å². The van der Waals surface area contributed by atoms with Gasteiger partial charge in [0.25, 0.3) is 10.0 Å². The normalized spacial score (nSPS) is 12.5. The Kier molecular flexibility index (Phi) is 5.45. The van der Waals surface area contributed by atoms with E-state index in [0.29, 0.717) is 13.1 Å². The van der Waals surface area contributed by atoms with E-state index in [1.165, 1.54) is 34.6 Å². The monoisotopic (exact) mass is 374 g/mol. The third-order valence-corrected chi connectivity index (χ3v) is 8.01. The van der Waals surface area contributed by atoms with Gasteiger partial charge in [0, 0.05) is 13.1 Å². The van der Waals surface area contributed by atoms with Gasteiger partial charge in [0.2, 0.25) is 10.0 Å². The Morgan fingerprint density at radius 2 is 1.74 bits per heavy atom. The molecule has 23 heavy (non-hydrogen) atoms. The van der Waals surface area contributed by atoms with Crippen LogP contribution in [0.25, 0.3) is 0 Å². The number of hydrogen-bond donors (Lipinski definition) is 1. The third-order valence-electron chi connectivity index (χ3n) is 3.19. The highest BCUT2D eigenvalue weighted by atomic mass is 32.2. The molecule has 0 spiro atoms. The summed E-state index contributed by atoms with van der Waals surface area (Å²) in [7, 11) is -7.34. The largest absolute Gasteiger partial charge is 0.279 e. The Hall–Kier alpha value is -1.42. The summed E-state index contributed by atoms with van der Waals surface area (Å²) in [5.74, 6) is 0. The number of nitrogens with one attached hydrogen (secondary N) is 1. The summed E-state index contributed by atoms with van der Waals surface area (Å²) in [5.41, 5.74) is 0.214. The van der Waals surface area contributed by atoms with E-state index in [2.05, 4.69) is 4.72 Å². The van der Waals surface area contributed by atoms with Crippen molar-refractivity contribution in [2.24, 2.45) is 0 Å². The molecule has 9 heteroatoms. The van der Waals surface area contributed by atoms with Gasteiger partial charge in [-0.3, -0.25) is 4.72 Å². The van der Waals surface area contributed by atoms with Crippen molar-refractivity contribution in [3.05, 3.63) is 41.8 Å². The maximum atomic E-state index is 12.5. The molecule has 0 aliphatic rings. The summed E-state index contributed by atoms with van der Waals surface area (Å²) in [6, 6.07) is 8.95. The molecule has 1 aromatic carbocycles. The van der Waals surface area contributed by atoms with Crippen LogP contribution in [0.1, 0.15) is 13.8 Å². The molecule has 1 heterocycles. The third kappa shape index (κ3) is 3.92. The molecule has 2 aromatic rings. The van der Waals surface area contributed by atoms with Gasteiger partial charge >= 0.3 is 0 Å². The van der Waals surface area contributed by atoms with Crippen LogP contribution in [-0.2, 0) is 20.0 Å². The molecular formula is C14H18N2O4S3. The zero-order valence-electron chi connectivity index (χ0n) is 12.8. The molecule has 1 aromatic heterocycles. The highest BCUT2D eigenvalue weighted by Gasteiger charge is 2.22. The lowest BCUT2D eigenvalue weighted by Crippen LogP contribution is -2.30. The van der Waals surface area contributed by atoms with Gasteiger partial charge in [-0.1, -0.05) is 26.0 Å². The second-order valence-corrected chi connectivity index (χ2v) is 9.45. The van der Waals surface area contributed by atoms with Gasteiger partial charge in [-0.15, -0.1) is 11.3 Å². The summed E-state index contributed by atoms with van der Waals surface area (Å²) >= 11 is 1.09. The van der Waals surface area contributed by atoms with Crippen molar-refractivity contribution in [3.63, 3.8) is 0 Å². The first-order valence-electron chi connectivity index (χ1n) is 6.97. The second kappa shape index (κ2) is 7.00. The standard InChI is InChI=1S/C14H18N2O4S3/c1-3-16(4-2)23(19,20)13-8-5-7-12(11-13)15-22(17,18)14-9-6-10-21-14/h5-11,15H,3-4H2,1-2H3. The van der Waals surface area contributed by atoms with E-state index in [-0.39, 0.29) is 14.8 Å². The molecule has 0 radical (unpaired) electrons. The minimum absolute atomic E-state index is 0.0626. The summed E-state index contributed by atoms with van der Waals surface area (Å²) in [5, 5.41) is 1.66. The van der Waals surface area contributed by atoms with Crippen molar-refractivity contribution in [3.8, 4) is 0 Å². The Morgan fingerprint density at radius 3 is 2.30 bits per heavy atom. The van der Waals surface area contributed by atoms with Crippen LogP contribution in [0.2, 0.25) is 0 Å². The zero-order chi connectivity index (χ0) is 17.1. The van der Waals surface area contributed by atoms with E-state index in [0.717, 1.165) is 11.3 Å². The first kappa shape index (κ1) is 17.9. The molecule has 2 rings (SSSR count). The average molecular weight is 375 g/mol. The minimum Gasteiger partial charge on any atom is -0.279 e. The van der Waals surface area contributed by atoms with E-state index >= 15 is 0 Å². The molecule has 0 saturated heterocycles. The fraction of sp³-hybridized carbons (Fsp3) is 0.286. The molecule has 0 fully saturated rings. The lowest BCUT2D eigenvalue weighted by Gasteiger charge is -2.18. The Labute approximate surface area is 140 Å². The van der Waals surface area contributed by atoms with Gasteiger partial charge in [-0.2, -0.15) is 4.31 Å². The predicted octanol–water partition coefficient (Wildman–Crippen LogP) is 2.58. The molecule has 6 nitrogen and oxygen atoms in total. The molecule has 0 atom stereocenters. The first-order valence-corrected chi connectivity index (χ1v) is 10.8. The molecule has 0 aliphatic carbocycles. The number of hydrogen-bond acceptors (Lipinski definition) is 5. The lowest BCUT2D eigenvalue weighted by atomic mass is 10.3. The molecule has 0 amide bonds. The number of benzene rings is 1. The van der Waals surface area contributed by atoms with Gasteiger partial charge in [0.1, 0.15) is 4.21 Å². The van der Waals surface area contributed by atoms with E-state index in [9.17, 15) is 16.8 Å². The number of anilines is 1. The van der Waals surface area contributed by atoms with Crippen molar-refractivity contribution < 1.29 is 16.8 Å². The van der Waals surface area contributed by atoms with Crippen molar-refractivity contribution in [2.75, 3.05) is 17.8 Å². The molecular weight excluding hydrogens is 356 g/mol. The number of rotatable bonds is 7. The van der Waals surface area contributed by atoms with Gasteiger partial charge in [0.05, 0.1) is 10.6 Å². The summed E-state index contributed by atoms with van der Waals surface area (Å²) in [6.45, 7) is 4.21. The van der Waals surface area contributed by atoms with Crippen molar-refractivity contribution in [1.82, 2.24) is 4.31 Å². The van der Waals surface area contributed by atoms with Crippen molar-refractivity contribution in [2.45, 2.75) is 23.0 Å². The molecule has 0 saturated carbocycles. The van der Waals surface area contributed by atoms with Gasteiger partial charge in [0.15, 0.2) is 0 Å². The van der Waals surface area contributed by atoms with Crippen LogP contribution in [0.15, 0.2) is 50.9 Å². The smallest absolute Gasteiger partial charge is 0.271 e. The molecule has 1 N–H and O–H groups in total. The fourth-order valence-electron chi connectivity index (χ4n) is 2.05. The van der Waals surface area contributed by atoms with Crippen molar-refractivity contribution >= 4 is 37.1 Å². The lowest BCUT2D eigenvalue weighted by molar-refractivity contribution is 0.445. The van der Waals surface area contributed by atoms with Crippen LogP contribution < -0.4 is 4.72 Å². The summed E-state index contributed by atoms with van der Waals surface area (Å²) in [6.07, 6.45) is 0. The quantitative estimate of drug-likeness (QED) is 0.807. The van der Waals surface area contributed by atoms with E-state index in [4.69, 9.17) is 0 Å². The topological polar surface area (TPSA) is 83.6 Å². The van der Waals surface area contributed by atoms with Crippen LogP contribution in [0, 0.1) is 0 Å². The maximum absolute atomic E-state index is 12.5. The Bertz CT molecular complexity index is 855. The van der Waals surface area contributed by atoms with Gasteiger partial charge < -0.3 is 0 Å². The van der Waals surface area contributed by atoms with Gasteiger partial charge in [-0.05, 0) is 29.6 Å². The second-order valence-electron chi connectivity index (χ2n) is 4.65. The zero-order valence-corrected chi connectivity index (χ0v) is 15.2. The first-order chi connectivity index (χ1) is 10.8. The Morgan fingerprint density at radius 1 is 1.04 bits per heavy atom. The molecule has 0 bridgehead atoms. The fourth-order valence-corrected chi connectivity index (χ4v) is 5.60. The average Bonchev–Trinajstić information content (AvgIpc) is 3.03. The summed E-state index contributed by atoms with van der Waals surface area (Å²) < 4.78 is 53.3. The van der Waals surface area contributed by atoms with E-state index in [1.54, 1.807) is 25.3 Å². The van der Waals surface area contributed by atoms with Crippen LogP contribution in [0.3, 0.4) is 0 Å². The molecule has 126 valence electrons. The van der Waals surface area contributed by atoms with E-state index < -0.39 is 20.0 Å². The van der Waals surface area contributed by atoms with Crippen LogP contribution in [0.5, 0.6) is 0 Å². The van der Waals surface area contributed by atoms with Gasteiger partial charge in [-0.25, -0.2) is 16.8 Å². The molecule has 0 unspecified atom stereocenters. The maximum Gasteiger partial charge on any atom is 0.271 e. The minimum atomic E-state index is -3.70. The number of thiophene rings is 1. The molecule has 0 aliphatic heterocycles. The highest BCUT2D eigenvalue weighted by Crippen LogP contribution is 2.23. The van der Waals surface area contributed by atoms with Crippen LogP contribution in [-0.4, -0.2) is 34.2 Å². The summed E-state index contributed by atoms with van der Waals surface area (Å²) in [4.78, 5) is 0.0626. The van der Waals surface area contributed by atoms with Crippen LogP contribution in [0.4, 0.5) is 5.69 Å². The number of nitrogens with zero attached hydrogens (tertiary/aromatic N) is 1. The van der Waals surface area contributed by atoms with Crippen molar-refractivity contribution in [1.29, 1.82) is 0 Å². The SMILES string of the molecule is CCN(CC)S(=O)(=O)c1cccc(NS(=O)(=O)c2cccs2)c1. The predicted molar refractivity (Wildman–Crippen MR) is 91.7 cm³/mol. The Balaban J connectivity index is 2.35. The number of sulfonamides is 2. The highest BCUT2D eigenvalue weighted by molar-refractivity contribution is 7.94. The van der Waals surface area contributed by atoms with Crippen LogP contribution >= 0.6 is 11.3 Å².